The molecule has 0 saturated heterocycles. The Balaban J connectivity index is 0.000000143. The van der Waals surface area contributed by atoms with Crippen molar-refractivity contribution in [1.29, 1.82) is 0 Å². The molecule has 4 aliphatic carbocycles. The largest absolute Gasteiger partial charge is 0.393 e. The minimum atomic E-state index is -0.0766. The van der Waals surface area contributed by atoms with Gasteiger partial charge in [-0.2, -0.15) is 0 Å². The minimum Gasteiger partial charge on any atom is -0.393 e. The fourth-order valence-corrected chi connectivity index (χ4v) is 13.3. The van der Waals surface area contributed by atoms with Gasteiger partial charge in [0.25, 0.3) is 0 Å². The van der Waals surface area contributed by atoms with Gasteiger partial charge in [-0.1, -0.05) is 163 Å². The Hall–Kier alpha value is -4.10. The van der Waals surface area contributed by atoms with Gasteiger partial charge >= 0.3 is 0 Å². The second-order valence-electron chi connectivity index (χ2n) is 21.5. The van der Waals surface area contributed by atoms with Crippen LogP contribution in [0.3, 0.4) is 0 Å². The Morgan fingerprint density at radius 3 is 1.42 bits per heavy atom. The molecule has 66 heavy (non-hydrogen) atoms. The van der Waals surface area contributed by atoms with Crippen molar-refractivity contribution in [3.63, 3.8) is 0 Å². The number of benzene rings is 6. The lowest BCUT2D eigenvalue weighted by atomic mass is 9.47. The number of aliphatic hydroxyl groups excluding tert-OH is 1. The topological polar surface area (TPSA) is 102 Å². The number of nitrogens with zero attached hydrogens (tertiary/aromatic N) is 1. The maximum Gasteiger partial charge on any atom is 0.0577 e. The Morgan fingerprint density at radius 1 is 0.576 bits per heavy atom. The van der Waals surface area contributed by atoms with Gasteiger partial charge < -0.3 is 22.3 Å². The Kier molecular flexibility index (Phi) is 17.6. The van der Waals surface area contributed by atoms with Gasteiger partial charge in [0.15, 0.2) is 0 Å². The third-order valence-corrected chi connectivity index (χ3v) is 16.8. The van der Waals surface area contributed by atoms with Crippen molar-refractivity contribution in [3.05, 3.63) is 133 Å². The zero-order chi connectivity index (χ0) is 46.7. The van der Waals surface area contributed by atoms with Crippen molar-refractivity contribution in [3.8, 4) is 0 Å². The van der Waals surface area contributed by atoms with Crippen LogP contribution in [0.2, 0.25) is 0 Å². The van der Waals surface area contributed by atoms with Gasteiger partial charge in [0.05, 0.1) is 6.10 Å². The van der Waals surface area contributed by atoms with E-state index in [9.17, 15) is 5.11 Å². The number of hydrogen-bond donors (Lipinski definition) is 4. The first-order valence-electron chi connectivity index (χ1n) is 25.9. The van der Waals surface area contributed by atoms with E-state index in [1.54, 1.807) is 5.57 Å². The average molecular weight is 889 g/mol. The molecule has 4 aliphatic rings. The molecule has 3 saturated carbocycles. The molecule has 5 heteroatoms. The van der Waals surface area contributed by atoms with Crippen LogP contribution in [0, 0.1) is 46.3 Å². The number of hydrogen-bond acceptors (Lipinski definition) is 5. The van der Waals surface area contributed by atoms with Crippen molar-refractivity contribution in [2.75, 3.05) is 39.3 Å². The van der Waals surface area contributed by atoms with Crippen molar-refractivity contribution < 1.29 is 5.11 Å². The van der Waals surface area contributed by atoms with Crippen molar-refractivity contribution in [2.45, 2.75) is 111 Å². The zero-order valence-electron chi connectivity index (χ0n) is 41.3. The highest BCUT2D eigenvalue weighted by atomic mass is 16.3. The van der Waals surface area contributed by atoms with E-state index in [2.05, 4.69) is 167 Å². The number of nitrogens with two attached hydrogens (primary N) is 3. The predicted octanol–water partition coefficient (Wildman–Crippen LogP) is 13.5. The maximum atomic E-state index is 10.2. The van der Waals surface area contributed by atoms with Crippen LogP contribution in [-0.2, 0) is 0 Å². The first-order chi connectivity index (χ1) is 32.0. The van der Waals surface area contributed by atoms with Gasteiger partial charge in [0, 0.05) is 39.3 Å². The minimum absolute atomic E-state index is 0.0766. The average Bonchev–Trinajstić information content (AvgIpc) is 3.68. The van der Waals surface area contributed by atoms with Gasteiger partial charge in [-0.05, 0) is 165 Å². The summed E-state index contributed by atoms with van der Waals surface area (Å²) in [4.78, 5) is 2.17. The molecule has 0 aromatic heterocycles. The molecule has 6 aromatic carbocycles. The first kappa shape index (κ1) is 49.8. The van der Waals surface area contributed by atoms with Crippen molar-refractivity contribution >= 4 is 43.1 Å². The second-order valence-corrected chi connectivity index (χ2v) is 21.5. The lowest BCUT2D eigenvalue weighted by Gasteiger charge is -2.58. The molecule has 5 nitrogen and oxygen atoms in total. The summed E-state index contributed by atoms with van der Waals surface area (Å²) < 4.78 is 0. The lowest BCUT2D eigenvalue weighted by Crippen LogP contribution is -2.50. The third-order valence-electron chi connectivity index (χ3n) is 16.8. The molecule has 0 heterocycles. The molecule has 3 fully saturated rings. The zero-order valence-corrected chi connectivity index (χ0v) is 41.3. The molecule has 10 rings (SSSR count). The van der Waals surface area contributed by atoms with E-state index in [-0.39, 0.29) is 6.10 Å². The summed E-state index contributed by atoms with van der Waals surface area (Å²) in [5, 5.41) is 20.7. The van der Waals surface area contributed by atoms with Gasteiger partial charge in [-0.25, -0.2) is 0 Å². The van der Waals surface area contributed by atoms with Crippen LogP contribution in [0.1, 0.15) is 105 Å². The van der Waals surface area contributed by atoms with Crippen LogP contribution in [0.25, 0.3) is 43.1 Å². The summed E-state index contributed by atoms with van der Waals surface area (Å²) in [6, 6.07) is 42.8. The SMILES string of the molecule is CC(C)CCC[C@@H](C)[C@H]1CC[C@H]2[C@@H]3CC=C4C[C@@H](O)CC[C@]4(C)[C@H]3CC[C@]12C.NCCN(CCN)CCN.c1ccc2cc3ccccc3cc2c1.c1ccc2cc3ccccc3cc2c1. The second kappa shape index (κ2) is 23.3. The van der Waals surface area contributed by atoms with Gasteiger partial charge in [0.2, 0.25) is 0 Å². The molecule has 7 N–H and O–H groups in total. The molecule has 0 aliphatic heterocycles. The molecule has 0 amide bonds. The standard InChI is InChI=1S/C27H46O.2C14H10.C6H18N4/c1-18(2)7-6-8-19(3)23-11-12-24-22-10-9-20-17-21(28)13-15-26(20,4)25(22)14-16-27(23,24)5;2*1-2-6-12-10-14-8-4-3-7-13(14)9-11(12)5-1;7-1-4-10(5-2-8)6-3-9/h9,18-19,21-25,28H,6-8,10-17H2,1-5H3;2*1-10H;1-9H2/t19-,21+,22+,23-,24+,25+,26+,27-;;;/m1.../s1. The van der Waals surface area contributed by atoms with Gasteiger partial charge in [0.1, 0.15) is 0 Å². The van der Waals surface area contributed by atoms with Crippen molar-refractivity contribution in [2.24, 2.45) is 63.5 Å². The van der Waals surface area contributed by atoms with E-state index >= 15 is 0 Å². The summed E-state index contributed by atoms with van der Waals surface area (Å²) in [5.74, 6) is 5.46. The van der Waals surface area contributed by atoms with Gasteiger partial charge in [-0.15, -0.1) is 0 Å². The Morgan fingerprint density at radius 2 is 1.02 bits per heavy atom. The Labute approximate surface area is 398 Å². The van der Waals surface area contributed by atoms with Crippen LogP contribution >= 0.6 is 0 Å². The van der Waals surface area contributed by atoms with E-state index < -0.39 is 0 Å². The maximum absolute atomic E-state index is 10.2. The van der Waals surface area contributed by atoms with E-state index in [0.29, 0.717) is 30.5 Å². The Bertz CT molecular complexity index is 2140. The summed E-state index contributed by atoms with van der Waals surface area (Å²) in [7, 11) is 0. The predicted molar refractivity (Wildman–Crippen MR) is 286 cm³/mol. The van der Waals surface area contributed by atoms with Gasteiger partial charge in [-0.3, -0.25) is 4.90 Å². The fraction of sp³-hybridized carbons (Fsp3) is 0.508. The van der Waals surface area contributed by atoms with E-state index in [0.717, 1.165) is 68.0 Å². The van der Waals surface area contributed by atoms with E-state index in [4.69, 9.17) is 17.2 Å². The summed E-state index contributed by atoms with van der Waals surface area (Å²) in [6.07, 6.45) is 17.2. The normalized spacial score (nSPS) is 26.0. The fourth-order valence-electron chi connectivity index (χ4n) is 13.3. The van der Waals surface area contributed by atoms with E-state index in [1.807, 2.05) is 0 Å². The molecule has 354 valence electrons. The number of aliphatic hydroxyl groups is 1. The molecule has 0 radical (unpaired) electrons. The van der Waals surface area contributed by atoms with Crippen LogP contribution in [0.15, 0.2) is 133 Å². The number of fused-ring (bicyclic) bond motifs is 9. The quantitative estimate of drug-likeness (QED) is 0.0767. The van der Waals surface area contributed by atoms with Crippen molar-refractivity contribution in [1.82, 2.24) is 4.90 Å². The summed E-state index contributed by atoms with van der Waals surface area (Å²) in [6.45, 7) is 17.3. The first-order valence-corrected chi connectivity index (χ1v) is 25.9. The van der Waals surface area contributed by atoms with Crippen LogP contribution in [0.4, 0.5) is 0 Å². The molecule has 0 unspecified atom stereocenters. The van der Waals surface area contributed by atoms with E-state index in [1.165, 1.54) is 101 Å². The smallest absolute Gasteiger partial charge is 0.0577 e. The highest BCUT2D eigenvalue weighted by Crippen LogP contribution is 2.67. The lowest BCUT2D eigenvalue weighted by molar-refractivity contribution is -0.0573. The third kappa shape index (κ3) is 11.8. The molecule has 0 bridgehead atoms. The van der Waals surface area contributed by atoms with Crippen LogP contribution < -0.4 is 17.2 Å². The molecular weight excluding hydrogens is 805 g/mol. The summed E-state index contributed by atoms with van der Waals surface area (Å²) in [5.41, 5.74) is 18.7. The van der Waals surface area contributed by atoms with Crippen LogP contribution in [-0.4, -0.2) is 55.4 Å². The highest BCUT2D eigenvalue weighted by Gasteiger charge is 2.59. The molecule has 0 spiro atoms. The monoisotopic (exact) mass is 889 g/mol. The summed E-state index contributed by atoms with van der Waals surface area (Å²) >= 11 is 0. The van der Waals surface area contributed by atoms with Crippen LogP contribution in [0.5, 0.6) is 0 Å². The number of allylic oxidation sites excluding steroid dienone is 1. The number of rotatable bonds is 11. The molecular formula is C61H84N4O. The highest BCUT2D eigenvalue weighted by molar-refractivity contribution is 5.99. The molecule has 8 atom stereocenters. The molecule has 6 aromatic rings.